The quantitative estimate of drug-likeness (QED) is 0.821. The molecule has 2 aromatic rings. The van der Waals surface area contributed by atoms with E-state index in [1.165, 1.54) is 6.20 Å². The van der Waals surface area contributed by atoms with Gasteiger partial charge in [0, 0.05) is 10.6 Å². The van der Waals surface area contributed by atoms with Crippen LogP contribution in [0.5, 0.6) is 0 Å². The third-order valence-electron chi connectivity index (χ3n) is 2.60. The number of aromatic nitrogens is 2. The van der Waals surface area contributed by atoms with Gasteiger partial charge in [0.05, 0.1) is 11.9 Å². The van der Waals surface area contributed by atoms with E-state index in [2.05, 4.69) is 19.1 Å². The first-order valence-electron chi connectivity index (χ1n) is 5.46. The van der Waals surface area contributed by atoms with E-state index in [1.54, 1.807) is 24.3 Å². The number of hydrogen-bond acceptors (Lipinski definition) is 5. The fourth-order valence-corrected chi connectivity index (χ4v) is 2.63. The summed E-state index contributed by atoms with van der Waals surface area (Å²) >= 11 is 5.82. The third kappa shape index (κ3) is 2.30. The third-order valence-corrected chi connectivity index (χ3v) is 3.74. The van der Waals surface area contributed by atoms with Crippen LogP contribution in [0.15, 0.2) is 34.9 Å². The first kappa shape index (κ1) is 12.8. The molecule has 3 rings (SSSR count). The standard InChI is InChI=1S/C11H8ClN5O2S/c12-7-3-1-6(2-4-7)8-5-14-11-9(15-8)10(13)16-20(18,19)17-11/h1-5H,(H2,13,16)(H,14,17). The van der Waals surface area contributed by atoms with Crippen LogP contribution in [0, 0.1) is 0 Å². The molecule has 0 atom stereocenters. The van der Waals surface area contributed by atoms with E-state index >= 15 is 0 Å². The number of rotatable bonds is 1. The van der Waals surface area contributed by atoms with E-state index in [0.717, 1.165) is 5.56 Å². The van der Waals surface area contributed by atoms with Crippen LogP contribution in [0.2, 0.25) is 5.02 Å². The Bertz CT molecular complexity index is 817. The van der Waals surface area contributed by atoms with Crippen molar-refractivity contribution in [3.05, 3.63) is 41.2 Å². The molecule has 1 aromatic heterocycles. The molecule has 0 amide bonds. The minimum atomic E-state index is -3.84. The lowest BCUT2D eigenvalue weighted by Gasteiger charge is -2.14. The second-order valence-corrected chi connectivity index (χ2v) is 5.79. The normalized spacial score (nSPS) is 15.9. The Morgan fingerprint density at radius 3 is 2.60 bits per heavy atom. The van der Waals surface area contributed by atoms with Gasteiger partial charge in [0.2, 0.25) is 0 Å². The molecule has 9 heteroatoms. The highest BCUT2D eigenvalue weighted by Crippen LogP contribution is 2.23. The summed E-state index contributed by atoms with van der Waals surface area (Å²) in [5.41, 5.74) is 7.13. The number of nitrogens with zero attached hydrogens (tertiary/aromatic N) is 3. The Morgan fingerprint density at radius 1 is 1.20 bits per heavy atom. The Kier molecular flexibility index (Phi) is 2.84. The molecule has 2 heterocycles. The number of halogens is 1. The van der Waals surface area contributed by atoms with E-state index in [9.17, 15) is 8.42 Å². The zero-order valence-electron chi connectivity index (χ0n) is 9.91. The molecule has 102 valence electrons. The smallest absolute Gasteiger partial charge is 0.345 e. The summed E-state index contributed by atoms with van der Waals surface area (Å²) in [5.74, 6) is -0.128. The highest BCUT2D eigenvalue weighted by Gasteiger charge is 2.24. The lowest BCUT2D eigenvalue weighted by atomic mass is 10.1. The van der Waals surface area contributed by atoms with E-state index in [0.29, 0.717) is 10.7 Å². The molecule has 3 N–H and O–H groups in total. The predicted molar refractivity (Wildman–Crippen MR) is 75.7 cm³/mol. The molecule has 0 bridgehead atoms. The van der Waals surface area contributed by atoms with Crippen LogP contribution < -0.4 is 10.5 Å². The fraction of sp³-hybridized carbons (Fsp3) is 0. The number of anilines is 1. The molecule has 1 aliphatic heterocycles. The van der Waals surface area contributed by atoms with Crippen LogP contribution in [-0.4, -0.2) is 24.2 Å². The fourth-order valence-electron chi connectivity index (χ4n) is 1.72. The van der Waals surface area contributed by atoms with Gasteiger partial charge in [0.15, 0.2) is 11.7 Å². The van der Waals surface area contributed by atoms with Gasteiger partial charge in [-0.15, -0.1) is 4.40 Å². The summed E-state index contributed by atoms with van der Waals surface area (Å²) in [6.45, 7) is 0. The number of fused-ring (bicyclic) bond motifs is 1. The van der Waals surface area contributed by atoms with Crippen LogP contribution in [0.4, 0.5) is 5.82 Å². The van der Waals surface area contributed by atoms with Crippen molar-refractivity contribution in [3.8, 4) is 11.3 Å². The van der Waals surface area contributed by atoms with Gasteiger partial charge in [-0.3, -0.25) is 0 Å². The summed E-state index contributed by atoms with van der Waals surface area (Å²) in [6.07, 6.45) is 1.45. The van der Waals surface area contributed by atoms with Crippen molar-refractivity contribution in [2.75, 3.05) is 4.72 Å². The summed E-state index contributed by atoms with van der Waals surface area (Å²) in [5, 5.41) is 0.605. The lowest BCUT2D eigenvalue weighted by molar-refractivity contribution is 0.602. The molecule has 7 nitrogen and oxygen atoms in total. The average Bonchev–Trinajstić information content (AvgIpc) is 2.38. The SMILES string of the molecule is NC1=NS(=O)(=O)Nc2ncc(-c3ccc(Cl)cc3)nc21. The van der Waals surface area contributed by atoms with Crippen molar-refractivity contribution in [2.45, 2.75) is 0 Å². The summed E-state index contributed by atoms with van der Waals surface area (Å²) in [6, 6.07) is 6.99. The number of nitrogens with two attached hydrogens (primary N) is 1. The molecule has 0 spiro atoms. The van der Waals surface area contributed by atoms with Crippen LogP contribution >= 0.6 is 11.6 Å². The van der Waals surface area contributed by atoms with Crippen LogP contribution in [-0.2, 0) is 10.2 Å². The first-order chi connectivity index (χ1) is 9.44. The molecular formula is C11H8ClN5O2S. The van der Waals surface area contributed by atoms with Crippen molar-refractivity contribution >= 4 is 33.5 Å². The van der Waals surface area contributed by atoms with Gasteiger partial charge < -0.3 is 5.73 Å². The second-order valence-electron chi connectivity index (χ2n) is 4.01. The Hall–Kier alpha value is -2.19. The second kappa shape index (κ2) is 4.43. The van der Waals surface area contributed by atoms with Gasteiger partial charge in [0.1, 0.15) is 5.69 Å². The van der Waals surface area contributed by atoms with E-state index in [1.807, 2.05) is 0 Å². The summed E-state index contributed by atoms with van der Waals surface area (Å²) < 4.78 is 28.2. The maximum Gasteiger partial charge on any atom is 0.345 e. The summed E-state index contributed by atoms with van der Waals surface area (Å²) in [7, 11) is -3.84. The molecule has 0 radical (unpaired) electrons. The van der Waals surface area contributed by atoms with Gasteiger partial charge in [-0.1, -0.05) is 23.7 Å². The lowest BCUT2D eigenvalue weighted by Crippen LogP contribution is -2.28. The Morgan fingerprint density at radius 2 is 1.90 bits per heavy atom. The maximum atomic E-state index is 11.4. The molecule has 0 unspecified atom stereocenters. The molecule has 1 aromatic carbocycles. The maximum absolute atomic E-state index is 11.4. The van der Waals surface area contributed by atoms with Crippen molar-refractivity contribution in [3.63, 3.8) is 0 Å². The number of hydrogen-bond donors (Lipinski definition) is 2. The summed E-state index contributed by atoms with van der Waals surface area (Å²) in [4.78, 5) is 8.29. The molecule has 0 fully saturated rings. The van der Waals surface area contributed by atoms with Gasteiger partial charge >= 0.3 is 10.2 Å². The van der Waals surface area contributed by atoms with Crippen molar-refractivity contribution in [1.29, 1.82) is 0 Å². The minimum Gasteiger partial charge on any atom is -0.381 e. The van der Waals surface area contributed by atoms with E-state index in [-0.39, 0.29) is 17.3 Å². The average molecular weight is 310 g/mol. The van der Waals surface area contributed by atoms with E-state index in [4.69, 9.17) is 17.3 Å². The zero-order valence-corrected chi connectivity index (χ0v) is 11.5. The van der Waals surface area contributed by atoms with Crippen molar-refractivity contribution in [1.82, 2.24) is 9.97 Å². The molecule has 0 saturated heterocycles. The Labute approximate surface area is 119 Å². The highest BCUT2D eigenvalue weighted by molar-refractivity contribution is 7.91. The van der Waals surface area contributed by atoms with Gasteiger partial charge in [-0.25, -0.2) is 14.7 Å². The molecule has 20 heavy (non-hydrogen) atoms. The molecular weight excluding hydrogens is 302 g/mol. The van der Waals surface area contributed by atoms with Gasteiger partial charge in [0.25, 0.3) is 0 Å². The van der Waals surface area contributed by atoms with Gasteiger partial charge in [-0.2, -0.15) is 8.42 Å². The highest BCUT2D eigenvalue weighted by atomic mass is 35.5. The number of amidine groups is 1. The minimum absolute atomic E-state index is 0.0650. The molecule has 0 aliphatic carbocycles. The molecule has 0 saturated carbocycles. The Balaban J connectivity index is 2.11. The first-order valence-corrected chi connectivity index (χ1v) is 7.28. The monoisotopic (exact) mass is 309 g/mol. The van der Waals surface area contributed by atoms with Gasteiger partial charge in [-0.05, 0) is 12.1 Å². The van der Waals surface area contributed by atoms with Crippen LogP contribution in [0.25, 0.3) is 11.3 Å². The molecule has 1 aliphatic rings. The van der Waals surface area contributed by atoms with E-state index < -0.39 is 10.2 Å². The van der Waals surface area contributed by atoms with Crippen molar-refractivity contribution < 1.29 is 8.42 Å². The van der Waals surface area contributed by atoms with Crippen LogP contribution in [0.3, 0.4) is 0 Å². The topological polar surface area (TPSA) is 110 Å². The zero-order chi connectivity index (χ0) is 14.3. The van der Waals surface area contributed by atoms with Crippen LogP contribution in [0.1, 0.15) is 5.69 Å². The number of nitrogens with one attached hydrogen (secondary N) is 1. The largest absolute Gasteiger partial charge is 0.381 e. The number of benzene rings is 1. The van der Waals surface area contributed by atoms with Crippen molar-refractivity contribution in [2.24, 2.45) is 10.1 Å². The predicted octanol–water partition coefficient (Wildman–Crippen LogP) is 1.17.